The highest BCUT2D eigenvalue weighted by Crippen LogP contribution is 2.41. The second-order valence-corrected chi connectivity index (χ2v) is 6.47. The standard InChI is InChI=1S/C15H15FO2S/c1-15(2,10-3-5-11(17)6-4-10)19-12-7-8-14(18)13(16)9-12/h3-9,17-18H,1-2H3. The van der Waals surface area contributed by atoms with E-state index in [1.165, 1.54) is 23.9 Å². The molecule has 0 aliphatic carbocycles. The Morgan fingerprint density at radius 1 is 1.00 bits per heavy atom. The molecule has 0 aromatic heterocycles. The van der Waals surface area contributed by atoms with E-state index in [4.69, 9.17) is 0 Å². The van der Waals surface area contributed by atoms with E-state index >= 15 is 0 Å². The van der Waals surface area contributed by atoms with Gasteiger partial charge < -0.3 is 10.2 Å². The molecule has 0 heterocycles. The molecule has 2 aromatic carbocycles. The van der Waals surface area contributed by atoms with Crippen molar-refractivity contribution < 1.29 is 14.6 Å². The van der Waals surface area contributed by atoms with Crippen LogP contribution in [0, 0.1) is 5.82 Å². The number of aromatic hydroxyl groups is 2. The number of phenolic OH excluding ortho intramolecular Hbond substituents is 2. The fraction of sp³-hybridized carbons (Fsp3) is 0.200. The third-order valence-electron chi connectivity index (χ3n) is 2.85. The number of thioether (sulfide) groups is 1. The number of hydrogen-bond acceptors (Lipinski definition) is 3. The van der Waals surface area contributed by atoms with Crippen LogP contribution in [0.3, 0.4) is 0 Å². The Morgan fingerprint density at radius 2 is 1.63 bits per heavy atom. The predicted octanol–water partition coefficient (Wildman–Crippen LogP) is 4.26. The Morgan fingerprint density at radius 3 is 2.21 bits per heavy atom. The molecule has 0 amide bonds. The van der Waals surface area contributed by atoms with Gasteiger partial charge in [0, 0.05) is 9.64 Å². The van der Waals surface area contributed by atoms with E-state index in [0.717, 1.165) is 10.5 Å². The minimum atomic E-state index is -0.619. The fourth-order valence-electron chi connectivity index (χ4n) is 1.77. The van der Waals surface area contributed by atoms with E-state index in [2.05, 4.69) is 0 Å². The molecule has 2 nitrogen and oxygen atoms in total. The fourth-order valence-corrected chi connectivity index (χ4v) is 2.91. The van der Waals surface area contributed by atoms with Gasteiger partial charge in [0.15, 0.2) is 11.6 Å². The van der Waals surface area contributed by atoms with E-state index in [0.29, 0.717) is 0 Å². The Labute approximate surface area is 115 Å². The molecule has 2 aromatic rings. The lowest BCUT2D eigenvalue weighted by molar-refractivity contribution is 0.431. The monoisotopic (exact) mass is 278 g/mol. The summed E-state index contributed by atoms with van der Waals surface area (Å²) in [6, 6.07) is 11.3. The quantitative estimate of drug-likeness (QED) is 0.824. The van der Waals surface area contributed by atoms with Gasteiger partial charge in [-0.3, -0.25) is 0 Å². The zero-order valence-electron chi connectivity index (χ0n) is 10.7. The molecule has 0 radical (unpaired) electrons. The van der Waals surface area contributed by atoms with Crippen LogP contribution in [-0.2, 0) is 4.75 Å². The van der Waals surface area contributed by atoms with Gasteiger partial charge in [-0.25, -0.2) is 4.39 Å². The second kappa shape index (κ2) is 5.13. The van der Waals surface area contributed by atoms with E-state index in [1.807, 2.05) is 26.0 Å². The Bertz CT molecular complexity index is 579. The van der Waals surface area contributed by atoms with Crippen LogP contribution in [0.2, 0.25) is 0 Å². The van der Waals surface area contributed by atoms with Crippen LogP contribution in [0.5, 0.6) is 11.5 Å². The molecule has 0 saturated carbocycles. The Kier molecular flexibility index (Phi) is 3.71. The van der Waals surface area contributed by atoms with Crippen LogP contribution in [0.4, 0.5) is 4.39 Å². The zero-order chi connectivity index (χ0) is 14.0. The molecule has 0 aliphatic rings. The first-order valence-corrected chi connectivity index (χ1v) is 6.67. The highest BCUT2D eigenvalue weighted by Gasteiger charge is 2.22. The molecule has 0 saturated heterocycles. The molecule has 0 aliphatic heterocycles. The molecule has 19 heavy (non-hydrogen) atoms. The molecule has 0 bridgehead atoms. The summed E-state index contributed by atoms with van der Waals surface area (Å²) >= 11 is 1.49. The van der Waals surface area contributed by atoms with Gasteiger partial charge in [-0.05, 0) is 49.7 Å². The van der Waals surface area contributed by atoms with Crippen molar-refractivity contribution in [2.24, 2.45) is 0 Å². The summed E-state index contributed by atoms with van der Waals surface area (Å²) in [5.41, 5.74) is 1.03. The number of halogens is 1. The summed E-state index contributed by atoms with van der Waals surface area (Å²) in [7, 11) is 0. The first kappa shape index (κ1) is 13.7. The van der Waals surface area contributed by atoms with Crippen LogP contribution in [-0.4, -0.2) is 10.2 Å². The molecule has 2 N–H and O–H groups in total. The molecular formula is C15H15FO2S. The summed E-state index contributed by atoms with van der Waals surface area (Å²) in [6.07, 6.45) is 0. The van der Waals surface area contributed by atoms with Crippen molar-refractivity contribution in [2.45, 2.75) is 23.5 Å². The largest absolute Gasteiger partial charge is 0.508 e. The minimum Gasteiger partial charge on any atom is -0.508 e. The maximum absolute atomic E-state index is 13.3. The lowest BCUT2D eigenvalue weighted by Gasteiger charge is -2.24. The van der Waals surface area contributed by atoms with Crippen LogP contribution in [0.15, 0.2) is 47.4 Å². The van der Waals surface area contributed by atoms with Gasteiger partial charge in [0.1, 0.15) is 5.75 Å². The molecule has 0 spiro atoms. The molecule has 4 heteroatoms. The van der Waals surface area contributed by atoms with Crippen LogP contribution in [0.25, 0.3) is 0 Å². The molecule has 2 rings (SSSR count). The third-order valence-corrected chi connectivity index (χ3v) is 4.09. The number of benzene rings is 2. The second-order valence-electron chi connectivity index (χ2n) is 4.77. The van der Waals surface area contributed by atoms with Crippen LogP contribution in [0.1, 0.15) is 19.4 Å². The maximum Gasteiger partial charge on any atom is 0.165 e. The van der Waals surface area contributed by atoms with E-state index < -0.39 is 5.82 Å². The van der Waals surface area contributed by atoms with Crippen molar-refractivity contribution in [1.82, 2.24) is 0 Å². The average molecular weight is 278 g/mol. The molecular weight excluding hydrogens is 263 g/mol. The average Bonchev–Trinajstić information content (AvgIpc) is 2.34. The van der Waals surface area contributed by atoms with Crippen molar-refractivity contribution in [3.63, 3.8) is 0 Å². The smallest absolute Gasteiger partial charge is 0.165 e. The normalized spacial score (nSPS) is 11.5. The Hall–Kier alpha value is -1.68. The van der Waals surface area contributed by atoms with Gasteiger partial charge in [-0.15, -0.1) is 11.8 Å². The summed E-state index contributed by atoms with van der Waals surface area (Å²) < 4.78 is 13.0. The van der Waals surface area contributed by atoms with E-state index in [-0.39, 0.29) is 16.2 Å². The molecule has 0 atom stereocenters. The summed E-state index contributed by atoms with van der Waals surface area (Å²) in [6.45, 7) is 4.05. The highest BCUT2D eigenvalue weighted by atomic mass is 32.2. The first-order valence-electron chi connectivity index (χ1n) is 5.85. The van der Waals surface area contributed by atoms with Crippen molar-refractivity contribution in [3.05, 3.63) is 53.8 Å². The van der Waals surface area contributed by atoms with Gasteiger partial charge >= 0.3 is 0 Å². The third kappa shape index (κ3) is 3.20. The van der Waals surface area contributed by atoms with E-state index in [1.54, 1.807) is 18.2 Å². The number of rotatable bonds is 3. The number of hydrogen-bond donors (Lipinski definition) is 2. The first-order chi connectivity index (χ1) is 8.88. The lowest BCUT2D eigenvalue weighted by Crippen LogP contribution is -2.11. The van der Waals surface area contributed by atoms with Crippen molar-refractivity contribution >= 4 is 11.8 Å². The van der Waals surface area contributed by atoms with Gasteiger partial charge in [-0.2, -0.15) is 0 Å². The van der Waals surface area contributed by atoms with Crippen LogP contribution < -0.4 is 0 Å². The minimum absolute atomic E-state index is 0.222. The van der Waals surface area contributed by atoms with Gasteiger partial charge in [0.25, 0.3) is 0 Å². The van der Waals surface area contributed by atoms with Crippen molar-refractivity contribution in [1.29, 1.82) is 0 Å². The molecule has 0 fully saturated rings. The lowest BCUT2D eigenvalue weighted by atomic mass is 10.0. The Balaban J connectivity index is 2.25. The number of phenols is 2. The molecule has 100 valence electrons. The summed E-state index contributed by atoms with van der Waals surface area (Å²) in [4.78, 5) is 0.744. The van der Waals surface area contributed by atoms with Gasteiger partial charge in [0.05, 0.1) is 0 Å². The maximum atomic E-state index is 13.3. The zero-order valence-corrected chi connectivity index (χ0v) is 11.5. The van der Waals surface area contributed by atoms with Gasteiger partial charge in [-0.1, -0.05) is 12.1 Å². The van der Waals surface area contributed by atoms with Gasteiger partial charge in [0.2, 0.25) is 0 Å². The highest BCUT2D eigenvalue weighted by molar-refractivity contribution is 8.00. The van der Waals surface area contributed by atoms with Crippen LogP contribution >= 0.6 is 11.8 Å². The van der Waals surface area contributed by atoms with Crippen molar-refractivity contribution in [2.75, 3.05) is 0 Å². The summed E-state index contributed by atoms with van der Waals surface area (Å²) in [5.74, 6) is -0.737. The molecule has 0 unspecified atom stereocenters. The van der Waals surface area contributed by atoms with E-state index in [9.17, 15) is 14.6 Å². The SMILES string of the molecule is CC(C)(Sc1ccc(O)c(F)c1)c1ccc(O)cc1. The van der Waals surface area contributed by atoms with Crippen molar-refractivity contribution in [3.8, 4) is 11.5 Å². The predicted molar refractivity (Wildman–Crippen MR) is 75.1 cm³/mol. The summed E-state index contributed by atoms with van der Waals surface area (Å²) in [5, 5.41) is 18.5. The topological polar surface area (TPSA) is 40.5 Å².